The molecule has 0 aromatic rings. The van der Waals surface area contributed by atoms with Crippen molar-refractivity contribution in [1.82, 2.24) is 0 Å². The van der Waals surface area contributed by atoms with E-state index in [0.717, 1.165) is 50.7 Å². The van der Waals surface area contributed by atoms with Crippen molar-refractivity contribution >= 4 is 0 Å². The molecule has 96 valence electrons. The number of nitrogens with zero attached hydrogens (tertiary/aromatic N) is 1. The molecule has 1 heterocycles. The van der Waals surface area contributed by atoms with Gasteiger partial charge in [0.2, 0.25) is 0 Å². The third-order valence-corrected chi connectivity index (χ3v) is 3.41. The lowest BCUT2D eigenvalue weighted by Crippen LogP contribution is -2.05. The zero-order valence-electron chi connectivity index (χ0n) is 11.3. The lowest BCUT2D eigenvalue weighted by atomic mass is 9.95. The summed E-state index contributed by atoms with van der Waals surface area (Å²) in [5.41, 5.74) is 2.42. The molecule has 1 aliphatic heterocycles. The molecule has 0 spiro atoms. The molecule has 0 aromatic heterocycles. The Bertz CT molecular complexity index is 282. The summed E-state index contributed by atoms with van der Waals surface area (Å²) in [7, 11) is 0. The molecule has 0 aromatic carbocycles. The summed E-state index contributed by atoms with van der Waals surface area (Å²) < 4.78 is 5.65. The van der Waals surface area contributed by atoms with Gasteiger partial charge in [-0.1, -0.05) is 32.3 Å². The zero-order chi connectivity index (χ0) is 12.5. The first-order chi connectivity index (χ1) is 8.31. The molecule has 0 bridgehead atoms. The largest absolute Gasteiger partial charge is 0.378 e. The third kappa shape index (κ3) is 4.91. The zero-order valence-corrected chi connectivity index (χ0v) is 11.3. The van der Waals surface area contributed by atoms with Gasteiger partial charge in [0.05, 0.1) is 12.2 Å². The summed E-state index contributed by atoms with van der Waals surface area (Å²) in [4.78, 5) is 0. The lowest BCUT2D eigenvalue weighted by Gasteiger charge is -2.13. The molecule has 0 saturated carbocycles. The van der Waals surface area contributed by atoms with Crippen molar-refractivity contribution in [3.63, 3.8) is 0 Å². The normalized spacial score (nSPS) is 21.1. The average molecular weight is 235 g/mol. The van der Waals surface area contributed by atoms with E-state index in [1.54, 1.807) is 0 Å². The number of hydrogen-bond donors (Lipinski definition) is 0. The van der Waals surface area contributed by atoms with Crippen molar-refractivity contribution in [2.75, 3.05) is 6.61 Å². The molecule has 2 heteroatoms. The van der Waals surface area contributed by atoms with Gasteiger partial charge in [-0.05, 0) is 38.5 Å². The van der Waals surface area contributed by atoms with Gasteiger partial charge >= 0.3 is 0 Å². The van der Waals surface area contributed by atoms with Gasteiger partial charge in [-0.2, -0.15) is 5.26 Å². The Labute approximate surface area is 106 Å². The molecule has 1 saturated heterocycles. The Morgan fingerprint density at radius 2 is 2.00 bits per heavy atom. The van der Waals surface area contributed by atoms with Crippen LogP contribution in [0, 0.1) is 11.3 Å². The predicted octanol–water partition coefficient (Wildman–Crippen LogP) is 4.37. The first-order valence-corrected chi connectivity index (χ1v) is 7.04. The van der Waals surface area contributed by atoms with E-state index in [9.17, 15) is 5.26 Å². The van der Waals surface area contributed by atoms with E-state index in [1.165, 1.54) is 18.4 Å². The van der Waals surface area contributed by atoms with Crippen molar-refractivity contribution in [1.29, 1.82) is 5.26 Å². The number of allylic oxidation sites excluding steroid dienone is 2. The molecule has 0 aliphatic carbocycles. The minimum absolute atomic E-state index is 0.448. The number of ether oxygens (including phenoxy) is 1. The molecule has 1 unspecified atom stereocenters. The van der Waals surface area contributed by atoms with Crippen LogP contribution in [-0.4, -0.2) is 12.7 Å². The highest BCUT2D eigenvalue weighted by Crippen LogP contribution is 2.24. The van der Waals surface area contributed by atoms with Crippen LogP contribution in [0.5, 0.6) is 0 Å². The molecule has 0 amide bonds. The number of rotatable bonds is 7. The Morgan fingerprint density at radius 3 is 2.53 bits per heavy atom. The summed E-state index contributed by atoms with van der Waals surface area (Å²) in [6.07, 6.45) is 9.24. The van der Waals surface area contributed by atoms with Crippen LogP contribution in [0.2, 0.25) is 0 Å². The quantitative estimate of drug-likeness (QED) is 0.614. The minimum atomic E-state index is 0.448. The van der Waals surface area contributed by atoms with Crippen LogP contribution < -0.4 is 0 Å². The summed E-state index contributed by atoms with van der Waals surface area (Å²) in [5.74, 6) is 0. The van der Waals surface area contributed by atoms with Crippen molar-refractivity contribution in [2.45, 2.75) is 71.3 Å². The van der Waals surface area contributed by atoms with Crippen LogP contribution in [0.1, 0.15) is 65.2 Å². The topological polar surface area (TPSA) is 33.0 Å². The molecule has 1 atom stereocenters. The summed E-state index contributed by atoms with van der Waals surface area (Å²) >= 11 is 0. The summed E-state index contributed by atoms with van der Waals surface area (Å²) in [6, 6.07) is 2.40. The molecule has 0 radical (unpaired) electrons. The van der Waals surface area contributed by atoms with Gasteiger partial charge in [0, 0.05) is 12.2 Å². The van der Waals surface area contributed by atoms with Crippen LogP contribution in [0.4, 0.5) is 0 Å². The molecular formula is C15H25NO. The van der Waals surface area contributed by atoms with Gasteiger partial charge in [-0.3, -0.25) is 0 Å². The Kier molecular flexibility index (Phi) is 6.96. The van der Waals surface area contributed by atoms with E-state index in [1.807, 2.05) is 0 Å². The first-order valence-electron chi connectivity index (χ1n) is 7.04. The third-order valence-electron chi connectivity index (χ3n) is 3.41. The van der Waals surface area contributed by atoms with E-state index >= 15 is 0 Å². The SMILES string of the molecule is CCC/C(C#N)=C(\CCC)CCC1CCCO1. The highest BCUT2D eigenvalue weighted by atomic mass is 16.5. The Hall–Kier alpha value is -0.810. The van der Waals surface area contributed by atoms with Crippen LogP contribution in [0.25, 0.3) is 0 Å². The van der Waals surface area contributed by atoms with E-state index < -0.39 is 0 Å². The van der Waals surface area contributed by atoms with Gasteiger partial charge < -0.3 is 4.74 Å². The molecular weight excluding hydrogens is 210 g/mol. The van der Waals surface area contributed by atoms with E-state index in [0.29, 0.717) is 6.10 Å². The molecule has 1 fully saturated rings. The maximum atomic E-state index is 9.21. The van der Waals surface area contributed by atoms with Crippen molar-refractivity contribution < 1.29 is 4.74 Å². The summed E-state index contributed by atoms with van der Waals surface area (Å²) in [6.45, 7) is 5.26. The van der Waals surface area contributed by atoms with Crippen LogP contribution in [0.3, 0.4) is 0 Å². The fourth-order valence-corrected chi connectivity index (χ4v) is 2.50. The van der Waals surface area contributed by atoms with E-state index in [2.05, 4.69) is 19.9 Å². The van der Waals surface area contributed by atoms with Crippen LogP contribution in [0.15, 0.2) is 11.1 Å². The average Bonchev–Trinajstić information content (AvgIpc) is 2.85. The van der Waals surface area contributed by atoms with Crippen LogP contribution in [-0.2, 0) is 4.74 Å². The minimum Gasteiger partial charge on any atom is -0.378 e. The van der Waals surface area contributed by atoms with Crippen molar-refractivity contribution in [2.24, 2.45) is 0 Å². The van der Waals surface area contributed by atoms with Gasteiger partial charge in [0.1, 0.15) is 0 Å². The lowest BCUT2D eigenvalue weighted by molar-refractivity contribution is 0.104. The second kappa shape index (κ2) is 8.31. The standard InChI is InChI=1S/C15H25NO/c1-3-6-13(14(12-16)7-4-2)9-10-15-8-5-11-17-15/h15H,3-11H2,1-2H3/b14-13-. The van der Waals surface area contributed by atoms with E-state index in [4.69, 9.17) is 4.74 Å². The molecule has 0 N–H and O–H groups in total. The maximum Gasteiger partial charge on any atom is 0.0946 e. The summed E-state index contributed by atoms with van der Waals surface area (Å²) in [5, 5.41) is 9.21. The Morgan fingerprint density at radius 1 is 1.24 bits per heavy atom. The number of hydrogen-bond acceptors (Lipinski definition) is 2. The smallest absolute Gasteiger partial charge is 0.0946 e. The fraction of sp³-hybridized carbons (Fsp3) is 0.800. The highest BCUT2D eigenvalue weighted by Gasteiger charge is 2.16. The van der Waals surface area contributed by atoms with Crippen molar-refractivity contribution in [3.05, 3.63) is 11.1 Å². The highest BCUT2D eigenvalue weighted by molar-refractivity contribution is 5.27. The van der Waals surface area contributed by atoms with Crippen LogP contribution >= 0.6 is 0 Å². The second-order valence-corrected chi connectivity index (χ2v) is 4.87. The van der Waals surface area contributed by atoms with E-state index in [-0.39, 0.29) is 0 Å². The Balaban J connectivity index is 2.54. The predicted molar refractivity (Wildman–Crippen MR) is 70.7 cm³/mol. The van der Waals surface area contributed by atoms with Gasteiger partial charge in [0.15, 0.2) is 0 Å². The molecule has 1 rings (SSSR count). The molecule has 1 aliphatic rings. The molecule has 2 nitrogen and oxygen atoms in total. The van der Waals surface area contributed by atoms with Crippen molar-refractivity contribution in [3.8, 4) is 6.07 Å². The first kappa shape index (κ1) is 14.3. The van der Waals surface area contributed by atoms with Gasteiger partial charge in [-0.15, -0.1) is 0 Å². The monoisotopic (exact) mass is 235 g/mol. The molecule has 17 heavy (non-hydrogen) atoms. The van der Waals surface area contributed by atoms with Gasteiger partial charge in [0.25, 0.3) is 0 Å². The van der Waals surface area contributed by atoms with Gasteiger partial charge in [-0.25, -0.2) is 0 Å². The second-order valence-electron chi connectivity index (χ2n) is 4.87. The number of nitriles is 1. The fourth-order valence-electron chi connectivity index (χ4n) is 2.50. The maximum absolute atomic E-state index is 9.21.